The molecular weight excluding hydrogens is 238 g/mol. The van der Waals surface area contributed by atoms with Gasteiger partial charge in [-0.15, -0.1) is 0 Å². The molecule has 0 aromatic carbocycles. The van der Waals surface area contributed by atoms with Crippen LogP contribution in [-0.2, 0) is 17.8 Å². The topological polar surface area (TPSA) is 39.1 Å². The van der Waals surface area contributed by atoms with Gasteiger partial charge in [0.25, 0.3) is 0 Å². The van der Waals surface area contributed by atoms with Gasteiger partial charge in [0.1, 0.15) is 5.82 Å². The number of imidazole rings is 1. The van der Waals surface area contributed by atoms with Gasteiger partial charge >= 0.3 is 0 Å². The number of rotatable bonds is 8. The summed E-state index contributed by atoms with van der Waals surface area (Å²) in [6.07, 6.45) is 5.00. The first-order valence-corrected chi connectivity index (χ1v) is 7.21. The minimum atomic E-state index is 0.116. The van der Waals surface area contributed by atoms with Gasteiger partial charge in [-0.2, -0.15) is 0 Å². The summed E-state index contributed by atoms with van der Waals surface area (Å²) in [5, 5.41) is 3.46. The van der Waals surface area contributed by atoms with Crippen molar-refractivity contribution in [3.63, 3.8) is 0 Å². The Hall–Kier alpha value is -0.870. The van der Waals surface area contributed by atoms with Crippen molar-refractivity contribution < 1.29 is 4.74 Å². The third kappa shape index (κ3) is 7.33. The van der Waals surface area contributed by atoms with Crippen molar-refractivity contribution in [3.05, 3.63) is 18.2 Å². The zero-order valence-electron chi connectivity index (χ0n) is 13.1. The van der Waals surface area contributed by atoms with Crippen molar-refractivity contribution >= 4 is 0 Å². The number of nitrogens with one attached hydrogen (secondary N) is 1. The van der Waals surface area contributed by atoms with Crippen LogP contribution in [0.2, 0.25) is 0 Å². The van der Waals surface area contributed by atoms with E-state index in [1.807, 2.05) is 12.4 Å². The van der Waals surface area contributed by atoms with Gasteiger partial charge in [-0.25, -0.2) is 4.98 Å². The van der Waals surface area contributed by atoms with Crippen LogP contribution in [0.25, 0.3) is 0 Å². The molecule has 4 heteroatoms. The van der Waals surface area contributed by atoms with Crippen molar-refractivity contribution in [1.29, 1.82) is 0 Å². The summed E-state index contributed by atoms with van der Waals surface area (Å²) in [6.45, 7) is 14.2. The molecule has 19 heavy (non-hydrogen) atoms. The second-order valence-corrected chi connectivity index (χ2v) is 6.44. The first kappa shape index (κ1) is 16.2. The molecule has 0 amide bonds. The summed E-state index contributed by atoms with van der Waals surface area (Å²) in [4.78, 5) is 4.39. The molecule has 1 aromatic heterocycles. The van der Waals surface area contributed by atoms with E-state index in [4.69, 9.17) is 4.74 Å². The second-order valence-electron chi connectivity index (χ2n) is 6.44. The van der Waals surface area contributed by atoms with Crippen molar-refractivity contribution in [1.82, 2.24) is 14.9 Å². The maximum absolute atomic E-state index is 5.65. The largest absolute Gasteiger partial charge is 0.380 e. The fourth-order valence-electron chi connectivity index (χ4n) is 1.64. The molecule has 0 aliphatic carbocycles. The summed E-state index contributed by atoms with van der Waals surface area (Å²) in [7, 11) is 0. The van der Waals surface area contributed by atoms with Crippen LogP contribution in [-0.4, -0.2) is 28.3 Å². The van der Waals surface area contributed by atoms with Gasteiger partial charge in [0.2, 0.25) is 0 Å². The van der Waals surface area contributed by atoms with E-state index in [9.17, 15) is 0 Å². The molecule has 0 atom stereocenters. The average Bonchev–Trinajstić information content (AvgIpc) is 2.72. The molecule has 0 radical (unpaired) electrons. The molecule has 1 N–H and O–H groups in total. The average molecular weight is 267 g/mol. The molecule has 0 aliphatic rings. The summed E-state index contributed by atoms with van der Waals surface area (Å²) in [5.41, 5.74) is 0.116. The maximum Gasteiger partial charge on any atom is 0.122 e. The molecule has 0 bridgehead atoms. The van der Waals surface area contributed by atoms with E-state index >= 15 is 0 Å². The lowest BCUT2D eigenvalue weighted by atomic mass is 10.1. The Balaban J connectivity index is 2.28. The summed E-state index contributed by atoms with van der Waals surface area (Å²) in [6, 6.07) is 0. The Morgan fingerprint density at radius 3 is 2.68 bits per heavy atom. The molecule has 1 heterocycles. The van der Waals surface area contributed by atoms with Crippen LogP contribution in [0.5, 0.6) is 0 Å². The Morgan fingerprint density at radius 2 is 2.05 bits per heavy atom. The van der Waals surface area contributed by atoms with E-state index in [1.54, 1.807) is 0 Å². The molecule has 0 saturated heterocycles. The number of ether oxygens (including phenoxy) is 1. The van der Waals surface area contributed by atoms with E-state index < -0.39 is 0 Å². The Morgan fingerprint density at radius 1 is 1.32 bits per heavy atom. The highest BCUT2D eigenvalue weighted by atomic mass is 16.5. The van der Waals surface area contributed by atoms with Gasteiger partial charge in [0.05, 0.1) is 13.2 Å². The van der Waals surface area contributed by atoms with E-state index in [2.05, 4.69) is 49.5 Å². The fraction of sp³-hybridized carbons (Fsp3) is 0.800. The smallest absolute Gasteiger partial charge is 0.122 e. The molecule has 110 valence electrons. The van der Waals surface area contributed by atoms with Gasteiger partial charge in [-0.1, -0.05) is 13.8 Å². The highest BCUT2D eigenvalue weighted by Crippen LogP contribution is 2.04. The number of hydrogen-bond donors (Lipinski definition) is 1. The predicted molar refractivity (Wildman–Crippen MR) is 79.1 cm³/mol. The maximum atomic E-state index is 5.65. The van der Waals surface area contributed by atoms with Crippen molar-refractivity contribution in [2.75, 3.05) is 13.2 Å². The Labute approximate surface area is 117 Å². The molecule has 1 rings (SSSR count). The first-order valence-electron chi connectivity index (χ1n) is 7.21. The molecular formula is C15H29N3O. The van der Waals surface area contributed by atoms with Crippen LogP contribution in [0, 0.1) is 5.92 Å². The third-order valence-corrected chi connectivity index (χ3v) is 2.89. The number of nitrogens with zero attached hydrogens (tertiary/aromatic N) is 2. The predicted octanol–water partition coefficient (Wildman–Crippen LogP) is 2.83. The minimum Gasteiger partial charge on any atom is -0.380 e. The lowest BCUT2D eigenvalue weighted by molar-refractivity contribution is 0.115. The van der Waals surface area contributed by atoms with E-state index in [-0.39, 0.29) is 5.54 Å². The van der Waals surface area contributed by atoms with E-state index in [1.165, 1.54) is 0 Å². The van der Waals surface area contributed by atoms with Gasteiger partial charge in [0.15, 0.2) is 0 Å². The quantitative estimate of drug-likeness (QED) is 0.736. The van der Waals surface area contributed by atoms with Gasteiger partial charge in [-0.05, 0) is 33.1 Å². The highest BCUT2D eigenvalue weighted by molar-refractivity contribution is 4.93. The van der Waals surface area contributed by atoms with Crippen LogP contribution in [0.3, 0.4) is 0 Å². The lowest BCUT2D eigenvalue weighted by Gasteiger charge is -2.20. The van der Waals surface area contributed by atoms with Crippen LogP contribution in [0.1, 0.15) is 46.9 Å². The zero-order valence-corrected chi connectivity index (χ0v) is 13.1. The summed E-state index contributed by atoms with van der Waals surface area (Å²) in [5.74, 6) is 1.78. The van der Waals surface area contributed by atoms with Crippen molar-refractivity contribution in [3.8, 4) is 0 Å². The van der Waals surface area contributed by atoms with Gasteiger partial charge in [-0.3, -0.25) is 0 Å². The van der Waals surface area contributed by atoms with Crippen molar-refractivity contribution in [2.45, 2.75) is 59.7 Å². The molecule has 0 saturated carbocycles. The van der Waals surface area contributed by atoms with Gasteiger partial charge < -0.3 is 14.6 Å². The minimum absolute atomic E-state index is 0.116. The molecule has 1 aromatic rings. The highest BCUT2D eigenvalue weighted by Gasteiger charge is 2.10. The van der Waals surface area contributed by atoms with Crippen LogP contribution >= 0.6 is 0 Å². The van der Waals surface area contributed by atoms with Crippen molar-refractivity contribution in [2.24, 2.45) is 5.92 Å². The first-order chi connectivity index (χ1) is 8.88. The Kier molecular flexibility index (Phi) is 6.52. The van der Waals surface area contributed by atoms with Crippen LogP contribution in [0.4, 0.5) is 0 Å². The zero-order chi connectivity index (χ0) is 14.3. The SMILES string of the molecule is CC(C)CCOCCn1ccnc1CNC(C)(C)C. The molecule has 4 nitrogen and oxygen atoms in total. The molecule has 0 fully saturated rings. The van der Waals surface area contributed by atoms with Gasteiger partial charge in [0, 0.05) is 31.1 Å². The second kappa shape index (κ2) is 7.65. The summed E-state index contributed by atoms with van der Waals surface area (Å²) >= 11 is 0. The van der Waals surface area contributed by atoms with E-state index in [0.717, 1.165) is 38.5 Å². The fourth-order valence-corrected chi connectivity index (χ4v) is 1.64. The summed E-state index contributed by atoms with van der Waals surface area (Å²) < 4.78 is 7.81. The Bertz CT molecular complexity index is 353. The molecule has 0 aliphatic heterocycles. The monoisotopic (exact) mass is 267 g/mol. The van der Waals surface area contributed by atoms with Crippen LogP contribution in [0.15, 0.2) is 12.4 Å². The number of hydrogen-bond acceptors (Lipinski definition) is 3. The number of aromatic nitrogens is 2. The lowest BCUT2D eigenvalue weighted by Crippen LogP contribution is -2.36. The normalized spacial score (nSPS) is 12.3. The third-order valence-electron chi connectivity index (χ3n) is 2.89. The van der Waals surface area contributed by atoms with Crippen LogP contribution < -0.4 is 5.32 Å². The van der Waals surface area contributed by atoms with E-state index in [0.29, 0.717) is 5.92 Å². The molecule has 0 unspecified atom stereocenters. The standard InChI is InChI=1S/C15H29N3O/c1-13(2)6-10-19-11-9-18-8-7-16-14(18)12-17-15(3,4)5/h7-8,13,17H,6,9-12H2,1-5H3. The molecule has 0 spiro atoms.